The molecule has 0 spiro atoms. The lowest BCUT2D eigenvalue weighted by atomic mass is 9.99. The molecule has 0 aliphatic carbocycles. The Hall–Kier alpha value is -2.51. The van der Waals surface area contributed by atoms with Gasteiger partial charge in [-0.3, -0.25) is 25.7 Å². The minimum Gasteiger partial charge on any atom is -0.272 e. The van der Waals surface area contributed by atoms with Crippen molar-refractivity contribution in [3.05, 3.63) is 38.4 Å². The maximum Gasteiger partial charge on any atom is 0.301 e. The van der Waals surface area contributed by atoms with Crippen LogP contribution in [0.3, 0.4) is 0 Å². The number of hydrazone groups is 1. The first-order chi connectivity index (χ1) is 8.70. The summed E-state index contributed by atoms with van der Waals surface area (Å²) in [7, 11) is 0. The zero-order valence-electron chi connectivity index (χ0n) is 10.8. The molecule has 0 heterocycles. The van der Waals surface area contributed by atoms with Crippen LogP contribution in [0.5, 0.6) is 0 Å². The Kier molecular flexibility index (Phi) is 4.15. The molecule has 0 unspecified atom stereocenters. The Morgan fingerprint density at radius 2 is 1.84 bits per heavy atom. The first kappa shape index (κ1) is 14.6. The number of hydrogen-bond acceptors (Lipinski definition) is 6. The average Bonchev–Trinajstić information content (AvgIpc) is 2.27. The van der Waals surface area contributed by atoms with Crippen LogP contribution in [0.1, 0.15) is 20.8 Å². The van der Waals surface area contributed by atoms with E-state index in [1.54, 1.807) is 6.21 Å². The van der Waals surface area contributed by atoms with Crippen LogP contribution in [0.15, 0.2) is 23.3 Å². The second-order valence-corrected chi connectivity index (χ2v) is 4.95. The summed E-state index contributed by atoms with van der Waals surface area (Å²) in [6.07, 6.45) is 1.60. The highest BCUT2D eigenvalue weighted by Gasteiger charge is 2.19. The number of rotatable bonds is 4. The van der Waals surface area contributed by atoms with Crippen molar-refractivity contribution in [3.63, 3.8) is 0 Å². The Bertz CT molecular complexity index is 534. The molecular formula is C11H14N4O4. The summed E-state index contributed by atoms with van der Waals surface area (Å²) >= 11 is 0. The number of nitro benzene ring substituents is 2. The first-order valence-corrected chi connectivity index (χ1v) is 5.44. The highest BCUT2D eigenvalue weighted by Crippen LogP contribution is 2.28. The second-order valence-electron chi connectivity index (χ2n) is 4.95. The zero-order valence-corrected chi connectivity index (χ0v) is 10.8. The quantitative estimate of drug-likeness (QED) is 0.511. The molecule has 0 saturated heterocycles. The van der Waals surface area contributed by atoms with E-state index in [9.17, 15) is 20.2 Å². The van der Waals surface area contributed by atoms with Crippen molar-refractivity contribution >= 4 is 23.3 Å². The van der Waals surface area contributed by atoms with E-state index in [0.29, 0.717) is 0 Å². The number of benzene rings is 1. The lowest BCUT2D eigenvalue weighted by Gasteiger charge is -2.10. The highest BCUT2D eigenvalue weighted by atomic mass is 16.6. The van der Waals surface area contributed by atoms with Gasteiger partial charge in [-0.2, -0.15) is 5.10 Å². The summed E-state index contributed by atoms with van der Waals surface area (Å²) < 4.78 is 0. The van der Waals surface area contributed by atoms with Crippen LogP contribution in [-0.2, 0) is 0 Å². The van der Waals surface area contributed by atoms with Crippen molar-refractivity contribution in [2.75, 3.05) is 5.43 Å². The van der Waals surface area contributed by atoms with Gasteiger partial charge in [0.25, 0.3) is 5.69 Å². The first-order valence-electron chi connectivity index (χ1n) is 5.44. The van der Waals surface area contributed by atoms with Crippen molar-refractivity contribution in [1.29, 1.82) is 0 Å². The molecule has 1 aromatic carbocycles. The van der Waals surface area contributed by atoms with Gasteiger partial charge in [-0.1, -0.05) is 20.8 Å². The normalized spacial score (nSPS) is 11.5. The molecule has 8 heteroatoms. The van der Waals surface area contributed by atoms with Gasteiger partial charge in [0.2, 0.25) is 0 Å². The van der Waals surface area contributed by atoms with Gasteiger partial charge in [-0.15, -0.1) is 0 Å². The lowest BCUT2D eigenvalue weighted by molar-refractivity contribution is -0.393. The molecule has 0 atom stereocenters. The number of hydrogen-bond donors (Lipinski definition) is 1. The fraction of sp³-hybridized carbons (Fsp3) is 0.364. The van der Waals surface area contributed by atoms with Gasteiger partial charge < -0.3 is 0 Å². The van der Waals surface area contributed by atoms with E-state index in [-0.39, 0.29) is 22.5 Å². The van der Waals surface area contributed by atoms with Crippen LogP contribution in [0, 0.1) is 25.6 Å². The fourth-order valence-electron chi connectivity index (χ4n) is 1.17. The number of nitrogens with one attached hydrogen (secondary N) is 1. The molecule has 8 nitrogen and oxygen atoms in total. The molecule has 0 aliphatic rings. The maximum atomic E-state index is 10.8. The molecule has 0 saturated carbocycles. The predicted octanol–water partition coefficient (Wildman–Crippen LogP) is 2.95. The number of non-ortho nitro benzene ring substituents is 1. The summed E-state index contributed by atoms with van der Waals surface area (Å²) in [5, 5.41) is 25.3. The van der Waals surface area contributed by atoms with Crippen molar-refractivity contribution in [3.8, 4) is 0 Å². The fourth-order valence-corrected chi connectivity index (χ4v) is 1.17. The third-order valence-electron chi connectivity index (χ3n) is 2.03. The highest BCUT2D eigenvalue weighted by molar-refractivity contribution is 5.69. The van der Waals surface area contributed by atoms with E-state index in [0.717, 1.165) is 6.07 Å². The predicted molar refractivity (Wildman–Crippen MR) is 71.3 cm³/mol. The molecule has 102 valence electrons. The molecule has 1 aromatic rings. The zero-order chi connectivity index (χ0) is 14.6. The lowest BCUT2D eigenvalue weighted by Crippen LogP contribution is -2.08. The minimum absolute atomic E-state index is 0.108. The van der Waals surface area contributed by atoms with Crippen LogP contribution in [0.4, 0.5) is 17.1 Å². The van der Waals surface area contributed by atoms with Crippen LogP contribution in [0.25, 0.3) is 0 Å². The Balaban J connectivity index is 3.04. The minimum atomic E-state index is -0.693. The molecule has 0 fully saturated rings. The third kappa shape index (κ3) is 4.34. The number of anilines is 1. The topological polar surface area (TPSA) is 111 Å². The van der Waals surface area contributed by atoms with E-state index >= 15 is 0 Å². The average molecular weight is 266 g/mol. The van der Waals surface area contributed by atoms with Crippen LogP contribution in [-0.4, -0.2) is 16.1 Å². The standard InChI is InChI=1S/C11H14N4O4/c1-11(2,3)7-12-13-9-5-4-8(14(16)17)6-10(9)15(18)19/h4-7,13H,1-3H3/b12-7-. The molecule has 0 aromatic heterocycles. The summed E-state index contributed by atoms with van der Waals surface area (Å²) in [5.74, 6) is 0. The van der Waals surface area contributed by atoms with Crippen molar-refractivity contribution in [2.24, 2.45) is 10.5 Å². The summed E-state index contributed by atoms with van der Waals surface area (Å²) in [4.78, 5) is 20.0. The molecule has 0 bridgehead atoms. The van der Waals surface area contributed by atoms with Crippen LogP contribution < -0.4 is 5.43 Å². The van der Waals surface area contributed by atoms with Gasteiger partial charge >= 0.3 is 5.69 Å². The molecule has 0 aliphatic heterocycles. The molecule has 1 N–H and O–H groups in total. The summed E-state index contributed by atoms with van der Waals surface area (Å²) in [6.45, 7) is 5.76. The Labute approximate surface area is 109 Å². The van der Waals surface area contributed by atoms with Crippen molar-refractivity contribution in [1.82, 2.24) is 0 Å². The number of nitrogens with zero attached hydrogens (tertiary/aromatic N) is 3. The molecule has 19 heavy (non-hydrogen) atoms. The van der Waals surface area contributed by atoms with Crippen molar-refractivity contribution in [2.45, 2.75) is 20.8 Å². The van der Waals surface area contributed by atoms with E-state index in [4.69, 9.17) is 0 Å². The van der Waals surface area contributed by atoms with Gasteiger partial charge in [0.15, 0.2) is 0 Å². The smallest absolute Gasteiger partial charge is 0.272 e. The van der Waals surface area contributed by atoms with Crippen molar-refractivity contribution < 1.29 is 9.85 Å². The second kappa shape index (κ2) is 5.42. The number of nitro groups is 2. The van der Waals surface area contributed by atoms with Gasteiger partial charge in [-0.05, 0) is 11.5 Å². The third-order valence-corrected chi connectivity index (χ3v) is 2.03. The van der Waals surface area contributed by atoms with E-state index < -0.39 is 9.85 Å². The summed E-state index contributed by atoms with van der Waals surface area (Å²) in [6, 6.07) is 3.34. The molecule has 1 rings (SSSR count). The van der Waals surface area contributed by atoms with E-state index in [2.05, 4.69) is 10.5 Å². The van der Waals surface area contributed by atoms with Gasteiger partial charge in [-0.25, -0.2) is 0 Å². The maximum absolute atomic E-state index is 10.8. The van der Waals surface area contributed by atoms with Gasteiger partial charge in [0, 0.05) is 12.3 Å². The Morgan fingerprint density at radius 1 is 1.21 bits per heavy atom. The monoisotopic (exact) mass is 266 g/mol. The van der Waals surface area contributed by atoms with E-state index in [1.807, 2.05) is 20.8 Å². The van der Waals surface area contributed by atoms with Gasteiger partial charge in [0.05, 0.1) is 15.9 Å². The Morgan fingerprint density at radius 3 is 2.32 bits per heavy atom. The SMILES string of the molecule is CC(C)(C)/C=N\Nc1ccc([N+](=O)[O-])cc1[N+](=O)[O-]. The van der Waals surface area contributed by atoms with E-state index in [1.165, 1.54) is 12.1 Å². The molecule has 0 amide bonds. The largest absolute Gasteiger partial charge is 0.301 e. The summed E-state index contributed by atoms with van der Waals surface area (Å²) in [5.41, 5.74) is 1.73. The van der Waals surface area contributed by atoms with Crippen LogP contribution in [0.2, 0.25) is 0 Å². The van der Waals surface area contributed by atoms with Gasteiger partial charge in [0.1, 0.15) is 5.69 Å². The molecular weight excluding hydrogens is 252 g/mol. The van der Waals surface area contributed by atoms with Crippen LogP contribution >= 0.6 is 0 Å². The molecule has 0 radical (unpaired) electrons.